The SMILES string of the molecule is O=C(CCc1ccco1)NCCCCc1ccccc1Cl. The van der Waals surface area contributed by atoms with E-state index < -0.39 is 0 Å². The maximum absolute atomic E-state index is 11.7. The Morgan fingerprint density at radius 1 is 1.10 bits per heavy atom. The summed E-state index contributed by atoms with van der Waals surface area (Å²) < 4.78 is 5.19. The number of unbranched alkanes of at least 4 members (excludes halogenated alkanes) is 1. The van der Waals surface area contributed by atoms with Crippen molar-refractivity contribution in [2.45, 2.75) is 32.1 Å². The van der Waals surface area contributed by atoms with Crippen LogP contribution in [0.15, 0.2) is 47.1 Å². The van der Waals surface area contributed by atoms with Gasteiger partial charge >= 0.3 is 0 Å². The van der Waals surface area contributed by atoms with Crippen LogP contribution in [-0.4, -0.2) is 12.5 Å². The van der Waals surface area contributed by atoms with Crippen LogP contribution in [0.1, 0.15) is 30.6 Å². The van der Waals surface area contributed by atoms with Crippen LogP contribution in [0.2, 0.25) is 5.02 Å². The van der Waals surface area contributed by atoms with Crippen molar-refractivity contribution in [1.29, 1.82) is 0 Å². The third kappa shape index (κ3) is 5.64. The highest BCUT2D eigenvalue weighted by Gasteiger charge is 2.03. The molecular weight excluding hydrogens is 286 g/mol. The van der Waals surface area contributed by atoms with E-state index in [1.165, 1.54) is 5.56 Å². The third-order valence-corrected chi connectivity index (χ3v) is 3.70. The molecule has 1 aromatic carbocycles. The topological polar surface area (TPSA) is 42.2 Å². The lowest BCUT2D eigenvalue weighted by molar-refractivity contribution is -0.121. The van der Waals surface area contributed by atoms with Gasteiger partial charge in [0, 0.05) is 24.4 Å². The monoisotopic (exact) mass is 305 g/mol. The Hall–Kier alpha value is -1.74. The summed E-state index contributed by atoms with van der Waals surface area (Å²) in [7, 11) is 0. The highest BCUT2D eigenvalue weighted by molar-refractivity contribution is 6.31. The number of hydrogen-bond donors (Lipinski definition) is 1. The number of furan rings is 1. The fourth-order valence-electron chi connectivity index (χ4n) is 2.15. The molecule has 0 aliphatic carbocycles. The van der Waals surface area contributed by atoms with E-state index in [9.17, 15) is 4.79 Å². The number of aryl methyl sites for hydroxylation is 2. The minimum atomic E-state index is 0.0733. The average molecular weight is 306 g/mol. The number of halogens is 1. The molecule has 4 heteroatoms. The molecule has 0 fully saturated rings. The number of amides is 1. The lowest BCUT2D eigenvalue weighted by Crippen LogP contribution is -2.24. The van der Waals surface area contributed by atoms with Crippen LogP contribution in [0, 0.1) is 0 Å². The first kappa shape index (κ1) is 15.6. The maximum Gasteiger partial charge on any atom is 0.220 e. The minimum absolute atomic E-state index is 0.0733. The van der Waals surface area contributed by atoms with Crippen LogP contribution in [-0.2, 0) is 17.6 Å². The molecule has 21 heavy (non-hydrogen) atoms. The third-order valence-electron chi connectivity index (χ3n) is 3.33. The van der Waals surface area contributed by atoms with Crippen LogP contribution in [0.4, 0.5) is 0 Å². The molecule has 0 saturated heterocycles. The fourth-order valence-corrected chi connectivity index (χ4v) is 2.38. The molecule has 0 atom stereocenters. The summed E-state index contributed by atoms with van der Waals surface area (Å²) in [4.78, 5) is 11.7. The molecule has 3 nitrogen and oxygen atoms in total. The highest BCUT2D eigenvalue weighted by Crippen LogP contribution is 2.16. The molecule has 0 unspecified atom stereocenters. The molecular formula is C17H20ClNO2. The number of carbonyl (C=O) groups excluding carboxylic acids is 1. The van der Waals surface area contributed by atoms with Gasteiger partial charge in [-0.15, -0.1) is 0 Å². The molecule has 1 heterocycles. The van der Waals surface area contributed by atoms with Crippen LogP contribution >= 0.6 is 11.6 Å². The molecule has 0 spiro atoms. The number of hydrogen-bond acceptors (Lipinski definition) is 2. The Balaban J connectivity index is 1.55. The van der Waals surface area contributed by atoms with Crippen LogP contribution in [0.25, 0.3) is 0 Å². The van der Waals surface area contributed by atoms with Gasteiger partial charge < -0.3 is 9.73 Å². The molecule has 1 amide bonds. The molecule has 2 rings (SSSR count). The van der Waals surface area contributed by atoms with Crippen molar-refractivity contribution in [3.8, 4) is 0 Å². The second-order valence-corrected chi connectivity index (χ2v) is 5.39. The molecule has 1 aromatic heterocycles. The predicted molar refractivity (Wildman–Crippen MR) is 84.4 cm³/mol. The number of rotatable bonds is 8. The standard InChI is InChI=1S/C17H20ClNO2/c18-16-9-2-1-6-14(16)7-3-4-12-19-17(20)11-10-15-8-5-13-21-15/h1-2,5-6,8-9,13H,3-4,7,10-12H2,(H,19,20). The van der Waals surface area contributed by atoms with Crippen molar-refractivity contribution in [2.75, 3.05) is 6.54 Å². The first-order valence-electron chi connectivity index (χ1n) is 7.28. The van der Waals surface area contributed by atoms with Crippen molar-refractivity contribution in [2.24, 2.45) is 0 Å². The second-order valence-electron chi connectivity index (χ2n) is 4.98. The summed E-state index contributed by atoms with van der Waals surface area (Å²) in [5.41, 5.74) is 1.17. The zero-order valence-corrected chi connectivity index (χ0v) is 12.7. The van der Waals surface area contributed by atoms with Gasteiger partial charge in [-0.2, -0.15) is 0 Å². The van der Waals surface area contributed by atoms with Gasteiger partial charge in [0.1, 0.15) is 5.76 Å². The summed E-state index contributed by atoms with van der Waals surface area (Å²) in [6.45, 7) is 0.710. The number of nitrogens with one attached hydrogen (secondary N) is 1. The second kappa shape index (κ2) is 8.53. The maximum atomic E-state index is 11.7. The van der Waals surface area contributed by atoms with E-state index >= 15 is 0 Å². The van der Waals surface area contributed by atoms with Crippen LogP contribution in [0.3, 0.4) is 0 Å². The van der Waals surface area contributed by atoms with E-state index in [-0.39, 0.29) is 5.91 Å². The van der Waals surface area contributed by atoms with Gasteiger partial charge in [-0.25, -0.2) is 0 Å². The molecule has 0 saturated carbocycles. The van der Waals surface area contributed by atoms with Crippen molar-refractivity contribution in [3.63, 3.8) is 0 Å². The van der Waals surface area contributed by atoms with Gasteiger partial charge in [-0.05, 0) is 43.0 Å². The zero-order valence-electron chi connectivity index (χ0n) is 12.0. The van der Waals surface area contributed by atoms with Crippen molar-refractivity contribution >= 4 is 17.5 Å². The summed E-state index contributed by atoms with van der Waals surface area (Å²) in [5.74, 6) is 0.924. The van der Waals surface area contributed by atoms with E-state index in [0.29, 0.717) is 19.4 Å². The smallest absolute Gasteiger partial charge is 0.220 e. The Morgan fingerprint density at radius 3 is 2.71 bits per heavy atom. The van der Waals surface area contributed by atoms with Crippen molar-refractivity contribution in [3.05, 3.63) is 59.0 Å². The lowest BCUT2D eigenvalue weighted by atomic mass is 10.1. The van der Waals surface area contributed by atoms with Crippen LogP contribution < -0.4 is 5.32 Å². The molecule has 0 radical (unpaired) electrons. The Labute approximate surface area is 130 Å². The summed E-state index contributed by atoms with van der Waals surface area (Å²) in [5, 5.41) is 3.75. The highest BCUT2D eigenvalue weighted by atomic mass is 35.5. The normalized spacial score (nSPS) is 10.5. The molecule has 0 aliphatic heterocycles. The van der Waals surface area contributed by atoms with E-state index in [2.05, 4.69) is 5.32 Å². The molecule has 1 N–H and O–H groups in total. The van der Waals surface area contributed by atoms with E-state index in [4.69, 9.17) is 16.0 Å². The van der Waals surface area contributed by atoms with Crippen molar-refractivity contribution in [1.82, 2.24) is 5.32 Å². The van der Waals surface area contributed by atoms with Crippen molar-refractivity contribution < 1.29 is 9.21 Å². The molecule has 0 aliphatic rings. The van der Waals surface area contributed by atoms with Gasteiger partial charge in [0.2, 0.25) is 5.91 Å². The van der Waals surface area contributed by atoms with Gasteiger partial charge in [0.15, 0.2) is 0 Å². The zero-order chi connectivity index (χ0) is 14.9. The average Bonchev–Trinajstić information content (AvgIpc) is 3.00. The summed E-state index contributed by atoms with van der Waals surface area (Å²) >= 11 is 6.10. The minimum Gasteiger partial charge on any atom is -0.469 e. The fraction of sp³-hybridized carbons (Fsp3) is 0.353. The predicted octanol–water partition coefficient (Wildman–Crippen LogP) is 4.00. The Morgan fingerprint density at radius 2 is 1.95 bits per heavy atom. The molecule has 0 bridgehead atoms. The molecule has 2 aromatic rings. The molecule has 112 valence electrons. The van der Waals surface area contributed by atoms with E-state index in [0.717, 1.165) is 30.0 Å². The lowest BCUT2D eigenvalue weighted by Gasteiger charge is -2.06. The van der Waals surface area contributed by atoms with Gasteiger partial charge in [-0.3, -0.25) is 4.79 Å². The largest absolute Gasteiger partial charge is 0.469 e. The van der Waals surface area contributed by atoms with E-state index in [1.807, 2.05) is 36.4 Å². The summed E-state index contributed by atoms with van der Waals surface area (Å²) in [6.07, 6.45) is 5.67. The number of benzene rings is 1. The van der Waals surface area contributed by atoms with Gasteiger partial charge in [0.05, 0.1) is 6.26 Å². The van der Waals surface area contributed by atoms with Gasteiger partial charge in [-0.1, -0.05) is 29.8 Å². The van der Waals surface area contributed by atoms with E-state index in [1.54, 1.807) is 6.26 Å². The first-order chi connectivity index (χ1) is 10.3. The van der Waals surface area contributed by atoms with Crippen LogP contribution in [0.5, 0.6) is 0 Å². The first-order valence-corrected chi connectivity index (χ1v) is 7.66. The van der Waals surface area contributed by atoms with Gasteiger partial charge in [0.25, 0.3) is 0 Å². The Bertz CT molecular complexity index is 552. The Kier molecular flexibility index (Phi) is 6.35. The summed E-state index contributed by atoms with van der Waals surface area (Å²) in [6, 6.07) is 11.6. The number of carbonyl (C=O) groups is 1. The quantitative estimate of drug-likeness (QED) is 0.749.